The summed E-state index contributed by atoms with van der Waals surface area (Å²) in [5.41, 5.74) is 8.52. The number of nitrogens with zero attached hydrogens (tertiary/aromatic N) is 2. The van der Waals surface area contributed by atoms with Crippen LogP contribution in [0.4, 0.5) is 0 Å². The highest BCUT2D eigenvalue weighted by atomic mass is 16.5. The summed E-state index contributed by atoms with van der Waals surface area (Å²) in [6.45, 7) is 2.77. The molecule has 112 valence electrons. The van der Waals surface area contributed by atoms with Crippen LogP contribution in [0, 0.1) is 0 Å². The summed E-state index contributed by atoms with van der Waals surface area (Å²) in [7, 11) is 0. The van der Waals surface area contributed by atoms with E-state index < -0.39 is 0 Å². The molecule has 0 aliphatic carbocycles. The maximum atomic E-state index is 6.18. The molecule has 0 aliphatic rings. The molecule has 2 aromatic heterocycles. The van der Waals surface area contributed by atoms with E-state index in [2.05, 4.69) is 16.9 Å². The van der Waals surface area contributed by atoms with Crippen LogP contribution < -0.4 is 5.73 Å². The molecular weight excluding hydrogens is 262 g/mol. The number of aryl methyl sites for hydroxylation is 1. The molecule has 2 rings (SSSR count). The number of nitrogens with two attached hydrogens (primary N) is 1. The number of hydrogen-bond donors (Lipinski definition) is 1. The van der Waals surface area contributed by atoms with Gasteiger partial charge in [-0.3, -0.25) is 9.97 Å². The molecule has 4 nitrogen and oxygen atoms in total. The van der Waals surface area contributed by atoms with Crippen molar-refractivity contribution < 1.29 is 4.74 Å². The second-order valence-electron chi connectivity index (χ2n) is 5.11. The van der Waals surface area contributed by atoms with Crippen molar-refractivity contribution in [1.82, 2.24) is 9.97 Å². The zero-order valence-electron chi connectivity index (χ0n) is 12.5. The Morgan fingerprint density at radius 2 is 1.95 bits per heavy atom. The third kappa shape index (κ3) is 4.92. The van der Waals surface area contributed by atoms with Gasteiger partial charge in [-0.05, 0) is 43.0 Å². The first-order chi connectivity index (χ1) is 10.3. The number of ether oxygens (including phenoxy) is 1. The van der Waals surface area contributed by atoms with Crippen molar-refractivity contribution in [2.75, 3.05) is 6.61 Å². The van der Waals surface area contributed by atoms with Crippen molar-refractivity contribution in [3.63, 3.8) is 0 Å². The predicted octanol–water partition coefficient (Wildman–Crippen LogP) is 2.90. The maximum Gasteiger partial charge on any atom is 0.0990 e. The molecule has 0 aliphatic heterocycles. The number of hydrogen-bond acceptors (Lipinski definition) is 4. The van der Waals surface area contributed by atoms with E-state index in [1.54, 1.807) is 6.20 Å². The zero-order chi connectivity index (χ0) is 14.9. The molecule has 2 heterocycles. The monoisotopic (exact) mass is 285 g/mol. The third-order valence-corrected chi connectivity index (χ3v) is 3.53. The molecule has 0 saturated heterocycles. The molecular formula is C17H23N3O. The third-order valence-electron chi connectivity index (χ3n) is 3.53. The molecule has 0 spiro atoms. The van der Waals surface area contributed by atoms with E-state index in [0.717, 1.165) is 24.8 Å². The highest BCUT2D eigenvalue weighted by molar-refractivity contribution is 5.14. The molecule has 2 N–H and O–H groups in total. The normalized spacial score (nSPS) is 13.8. The lowest BCUT2D eigenvalue weighted by molar-refractivity contribution is 0.0320. The Morgan fingerprint density at radius 3 is 2.62 bits per heavy atom. The lowest BCUT2D eigenvalue weighted by Crippen LogP contribution is -2.30. The van der Waals surface area contributed by atoms with E-state index in [4.69, 9.17) is 10.5 Å². The van der Waals surface area contributed by atoms with Crippen LogP contribution in [0.2, 0.25) is 0 Å². The van der Waals surface area contributed by atoms with Crippen LogP contribution >= 0.6 is 0 Å². The van der Waals surface area contributed by atoms with Gasteiger partial charge in [-0.1, -0.05) is 13.0 Å². The molecule has 21 heavy (non-hydrogen) atoms. The van der Waals surface area contributed by atoms with Crippen LogP contribution in [0.5, 0.6) is 0 Å². The van der Waals surface area contributed by atoms with Crippen LogP contribution in [0.15, 0.2) is 49.1 Å². The molecule has 0 radical (unpaired) electrons. The Hall–Kier alpha value is -1.78. The molecule has 2 unspecified atom stereocenters. The molecule has 0 amide bonds. The molecule has 2 aromatic rings. The van der Waals surface area contributed by atoms with Crippen LogP contribution in [0.25, 0.3) is 0 Å². The Morgan fingerprint density at radius 1 is 1.14 bits per heavy atom. The minimum absolute atomic E-state index is 0.00451. The van der Waals surface area contributed by atoms with Gasteiger partial charge in [0, 0.05) is 43.0 Å². The van der Waals surface area contributed by atoms with E-state index in [1.165, 1.54) is 5.56 Å². The quantitative estimate of drug-likeness (QED) is 0.758. The first-order valence-electron chi connectivity index (χ1n) is 7.47. The summed E-state index contributed by atoms with van der Waals surface area (Å²) >= 11 is 0. The number of pyridine rings is 2. The van der Waals surface area contributed by atoms with Gasteiger partial charge in [-0.2, -0.15) is 0 Å². The van der Waals surface area contributed by atoms with Gasteiger partial charge >= 0.3 is 0 Å². The largest absolute Gasteiger partial charge is 0.372 e. The molecule has 0 bridgehead atoms. The topological polar surface area (TPSA) is 61.0 Å². The van der Waals surface area contributed by atoms with Gasteiger partial charge in [0.15, 0.2) is 0 Å². The Kier molecular flexibility index (Phi) is 6.31. The van der Waals surface area contributed by atoms with Gasteiger partial charge in [-0.15, -0.1) is 0 Å². The minimum Gasteiger partial charge on any atom is -0.372 e. The molecule has 0 saturated carbocycles. The highest BCUT2D eigenvalue weighted by Crippen LogP contribution is 2.21. The van der Waals surface area contributed by atoms with Crippen molar-refractivity contribution in [3.05, 3.63) is 60.2 Å². The first-order valence-corrected chi connectivity index (χ1v) is 7.47. The Labute approximate surface area is 126 Å². The van der Waals surface area contributed by atoms with Crippen LogP contribution in [-0.2, 0) is 11.2 Å². The van der Waals surface area contributed by atoms with E-state index in [9.17, 15) is 0 Å². The van der Waals surface area contributed by atoms with Crippen molar-refractivity contribution in [1.29, 1.82) is 0 Å². The van der Waals surface area contributed by atoms with Gasteiger partial charge < -0.3 is 10.5 Å². The zero-order valence-corrected chi connectivity index (χ0v) is 12.5. The van der Waals surface area contributed by atoms with Crippen molar-refractivity contribution in [3.8, 4) is 0 Å². The Bertz CT molecular complexity index is 504. The fraction of sp³-hybridized carbons (Fsp3) is 0.412. The van der Waals surface area contributed by atoms with Gasteiger partial charge in [0.05, 0.1) is 6.10 Å². The van der Waals surface area contributed by atoms with Gasteiger partial charge in [0.2, 0.25) is 0 Å². The fourth-order valence-electron chi connectivity index (χ4n) is 2.26. The van der Waals surface area contributed by atoms with Gasteiger partial charge in [0.1, 0.15) is 0 Å². The standard InChI is InChI=1S/C17H23N3O/c1-2-16(18)17(15-6-3-9-20-13-15)21-12-4-5-14-7-10-19-11-8-14/h3,6-11,13,16-17H,2,4-5,12,18H2,1H3. The second-order valence-corrected chi connectivity index (χ2v) is 5.11. The first kappa shape index (κ1) is 15.6. The number of aromatic nitrogens is 2. The summed E-state index contributed by atoms with van der Waals surface area (Å²) in [6, 6.07) is 8.02. The molecule has 4 heteroatoms. The van der Waals surface area contributed by atoms with E-state index in [-0.39, 0.29) is 12.1 Å². The maximum absolute atomic E-state index is 6.18. The SMILES string of the molecule is CCC(N)C(OCCCc1ccncc1)c1cccnc1. The van der Waals surface area contributed by atoms with Crippen LogP contribution in [-0.4, -0.2) is 22.6 Å². The fourth-order valence-corrected chi connectivity index (χ4v) is 2.26. The summed E-state index contributed by atoms with van der Waals surface area (Å²) in [6.07, 6.45) is 10.00. The molecule has 0 aromatic carbocycles. The summed E-state index contributed by atoms with van der Waals surface area (Å²) in [4.78, 5) is 8.18. The van der Waals surface area contributed by atoms with Gasteiger partial charge in [0.25, 0.3) is 0 Å². The second kappa shape index (κ2) is 8.49. The lowest BCUT2D eigenvalue weighted by Gasteiger charge is -2.23. The number of rotatable bonds is 8. The van der Waals surface area contributed by atoms with E-state index in [1.807, 2.05) is 42.9 Å². The average Bonchev–Trinajstić information content (AvgIpc) is 2.56. The average molecular weight is 285 g/mol. The minimum atomic E-state index is -0.0823. The van der Waals surface area contributed by atoms with Crippen molar-refractivity contribution >= 4 is 0 Å². The predicted molar refractivity (Wildman–Crippen MR) is 83.8 cm³/mol. The lowest BCUT2D eigenvalue weighted by atomic mass is 10.0. The van der Waals surface area contributed by atoms with Crippen LogP contribution in [0.1, 0.15) is 37.0 Å². The van der Waals surface area contributed by atoms with E-state index in [0.29, 0.717) is 6.61 Å². The van der Waals surface area contributed by atoms with Crippen molar-refractivity contribution in [2.24, 2.45) is 5.73 Å². The van der Waals surface area contributed by atoms with Crippen LogP contribution in [0.3, 0.4) is 0 Å². The van der Waals surface area contributed by atoms with E-state index >= 15 is 0 Å². The van der Waals surface area contributed by atoms with Gasteiger partial charge in [-0.25, -0.2) is 0 Å². The molecule has 2 atom stereocenters. The smallest absolute Gasteiger partial charge is 0.0990 e. The summed E-state index contributed by atoms with van der Waals surface area (Å²) < 4.78 is 6.02. The summed E-state index contributed by atoms with van der Waals surface area (Å²) in [5, 5.41) is 0. The van der Waals surface area contributed by atoms with Crippen molar-refractivity contribution in [2.45, 2.75) is 38.3 Å². The highest BCUT2D eigenvalue weighted by Gasteiger charge is 2.19. The molecule has 0 fully saturated rings. The summed E-state index contributed by atoms with van der Waals surface area (Å²) in [5.74, 6) is 0. The Balaban J connectivity index is 1.85.